The Labute approximate surface area is 111 Å². The van der Waals surface area contributed by atoms with Crippen molar-refractivity contribution in [3.63, 3.8) is 0 Å². The highest BCUT2D eigenvalue weighted by Gasteiger charge is 2.12. The molecule has 0 aliphatic carbocycles. The van der Waals surface area contributed by atoms with Crippen LogP contribution in [0.1, 0.15) is 18.4 Å². The van der Waals surface area contributed by atoms with Gasteiger partial charge in [0.1, 0.15) is 4.60 Å². The van der Waals surface area contributed by atoms with Crippen LogP contribution in [0, 0.1) is 0 Å². The van der Waals surface area contributed by atoms with Gasteiger partial charge in [0, 0.05) is 6.20 Å². The van der Waals surface area contributed by atoms with E-state index in [4.69, 9.17) is 4.74 Å². The van der Waals surface area contributed by atoms with Gasteiger partial charge < -0.3 is 10.1 Å². The molecule has 1 aromatic heterocycles. The fourth-order valence-corrected chi connectivity index (χ4v) is 2.12. The first kappa shape index (κ1) is 13.9. The molecule has 1 fully saturated rings. The van der Waals surface area contributed by atoms with Crippen LogP contribution >= 0.6 is 28.3 Å². The number of pyridine rings is 1. The fraction of sp³-hybridized carbons (Fsp3) is 0.545. The molecule has 0 amide bonds. The molecule has 0 unspecified atom stereocenters. The van der Waals surface area contributed by atoms with E-state index in [1.807, 2.05) is 12.1 Å². The summed E-state index contributed by atoms with van der Waals surface area (Å²) in [6, 6.07) is 3.99. The van der Waals surface area contributed by atoms with Gasteiger partial charge in [0.25, 0.3) is 0 Å². The minimum absolute atomic E-state index is 0. The SMILES string of the molecule is Brc1cc(COC2CCNCC2)ccn1.Cl. The second-order valence-corrected chi connectivity index (χ2v) is 4.56. The maximum absolute atomic E-state index is 5.84. The molecule has 2 rings (SSSR count). The van der Waals surface area contributed by atoms with Gasteiger partial charge in [-0.3, -0.25) is 0 Å². The van der Waals surface area contributed by atoms with E-state index in [2.05, 4.69) is 26.2 Å². The molecule has 1 aliphatic rings. The maximum atomic E-state index is 5.84. The van der Waals surface area contributed by atoms with Gasteiger partial charge in [0.2, 0.25) is 0 Å². The summed E-state index contributed by atoms with van der Waals surface area (Å²) in [5.74, 6) is 0. The number of aromatic nitrogens is 1. The lowest BCUT2D eigenvalue weighted by atomic mass is 10.1. The van der Waals surface area contributed by atoms with Crippen molar-refractivity contribution in [3.8, 4) is 0 Å². The highest BCUT2D eigenvalue weighted by Crippen LogP contribution is 2.13. The average molecular weight is 308 g/mol. The van der Waals surface area contributed by atoms with E-state index in [-0.39, 0.29) is 12.4 Å². The second kappa shape index (κ2) is 7.22. The molecule has 3 nitrogen and oxygen atoms in total. The van der Waals surface area contributed by atoms with Crippen molar-refractivity contribution in [1.82, 2.24) is 10.3 Å². The second-order valence-electron chi connectivity index (χ2n) is 3.75. The number of hydrogen-bond acceptors (Lipinski definition) is 3. The molecule has 1 aromatic rings. The van der Waals surface area contributed by atoms with Crippen LogP contribution in [0.2, 0.25) is 0 Å². The van der Waals surface area contributed by atoms with Gasteiger partial charge >= 0.3 is 0 Å². The number of piperidine rings is 1. The summed E-state index contributed by atoms with van der Waals surface area (Å²) in [5.41, 5.74) is 1.18. The Balaban J connectivity index is 0.00000128. The third-order valence-corrected chi connectivity index (χ3v) is 3.00. The summed E-state index contributed by atoms with van der Waals surface area (Å²) in [6.07, 6.45) is 4.45. The molecule has 0 spiro atoms. The average Bonchev–Trinajstić information content (AvgIpc) is 2.28. The third kappa shape index (κ3) is 4.37. The zero-order chi connectivity index (χ0) is 10.5. The lowest BCUT2D eigenvalue weighted by Gasteiger charge is -2.22. The van der Waals surface area contributed by atoms with Gasteiger partial charge in [0.15, 0.2) is 0 Å². The van der Waals surface area contributed by atoms with Gasteiger partial charge in [-0.2, -0.15) is 0 Å². The van der Waals surface area contributed by atoms with Crippen molar-refractivity contribution >= 4 is 28.3 Å². The Morgan fingerprint density at radius 3 is 2.88 bits per heavy atom. The van der Waals surface area contributed by atoms with Crippen molar-refractivity contribution < 1.29 is 4.74 Å². The molecular weight excluding hydrogens is 291 g/mol. The largest absolute Gasteiger partial charge is 0.373 e. The number of nitrogens with zero attached hydrogens (tertiary/aromatic N) is 1. The van der Waals surface area contributed by atoms with Crippen LogP contribution in [0.4, 0.5) is 0 Å². The Morgan fingerprint density at radius 1 is 1.44 bits per heavy atom. The Kier molecular flexibility index (Phi) is 6.28. The molecule has 0 atom stereocenters. The topological polar surface area (TPSA) is 34.1 Å². The number of nitrogens with one attached hydrogen (secondary N) is 1. The molecule has 1 aliphatic heterocycles. The smallest absolute Gasteiger partial charge is 0.106 e. The molecule has 1 N–H and O–H groups in total. The van der Waals surface area contributed by atoms with E-state index < -0.39 is 0 Å². The van der Waals surface area contributed by atoms with Crippen LogP contribution in [0.25, 0.3) is 0 Å². The van der Waals surface area contributed by atoms with E-state index in [0.717, 1.165) is 30.5 Å². The number of hydrogen-bond donors (Lipinski definition) is 1. The van der Waals surface area contributed by atoms with Crippen LogP contribution in [0.5, 0.6) is 0 Å². The first-order chi connectivity index (χ1) is 7.34. The lowest BCUT2D eigenvalue weighted by molar-refractivity contribution is 0.0212. The predicted molar refractivity (Wildman–Crippen MR) is 69.9 cm³/mol. The van der Waals surface area contributed by atoms with Crippen LogP contribution in [-0.2, 0) is 11.3 Å². The minimum atomic E-state index is 0. The molecule has 2 heterocycles. The zero-order valence-corrected chi connectivity index (χ0v) is 11.4. The summed E-state index contributed by atoms with van der Waals surface area (Å²) < 4.78 is 6.70. The van der Waals surface area contributed by atoms with E-state index in [0.29, 0.717) is 12.7 Å². The number of halogens is 2. The normalized spacial score (nSPS) is 16.8. The van der Waals surface area contributed by atoms with E-state index in [1.54, 1.807) is 6.20 Å². The number of ether oxygens (including phenoxy) is 1. The minimum Gasteiger partial charge on any atom is -0.373 e. The Bertz CT molecular complexity index is 319. The van der Waals surface area contributed by atoms with Crippen LogP contribution < -0.4 is 5.32 Å². The van der Waals surface area contributed by atoms with Crippen LogP contribution in [-0.4, -0.2) is 24.2 Å². The highest BCUT2D eigenvalue weighted by atomic mass is 79.9. The van der Waals surface area contributed by atoms with Gasteiger partial charge in [-0.25, -0.2) is 4.98 Å². The van der Waals surface area contributed by atoms with Crippen molar-refractivity contribution in [2.24, 2.45) is 0 Å². The number of rotatable bonds is 3. The summed E-state index contributed by atoms with van der Waals surface area (Å²) in [5, 5.41) is 3.32. The maximum Gasteiger partial charge on any atom is 0.106 e. The first-order valence-electron chi connectivity index (χ1n) is 5.27. The van der Waals surface area contributed by atoms with Crippen LogP contribution in [0.3, 0.4) is 0 Å². The first-order valence-corrected chi connectivity index (χ1v) is 6.06. The predicted octanol–water partition coefficient (Wildman–Crippen LogP) is 2.53. The lowest BCUT2D eigenvalue weighted by Crippen LogP contribution is -2.32. The molecule has 0 radical (unpaired) electrons. The molecule has 0 aromatic carbocycles. The van der Waals surface area contributed by atoms with E-state index >= 15 is 0 Å². The van der Waals surface area contributed by atoms with Gasteiger partial charge in [-0.15, -0.1) is 12.4 Å². The summed E-state index contributed by atoms with van der Waals surface area (Å²) in [6.45, 7) is 2.83. The van der Waals surface area contributed by atoms with Crippen LogP contribution in [0.15, 0.2) is 22.9 Å². The summed E-state index contributed by atoms with van der Waals surface area (Å²) >= 11 is 3.35. The molecule has 90 valence electrons. The Hall–Kier alpha value is -0.160. The summed E-state index contributed by atoms with van der Waals surface area (Å²) in [7, 11) is 0. The van der Waals surface area contributed by atoms with Crippen molar-refractivity contribution in [2.75, 3.05) is 13.1 Å². The monoisotopic (exact) mass is 306 g/mol. The van der Waals surface area contributed by atoms with Crippen molar-refractivity contribution in [3.05, 3.63) is 28.5 Å². The molecule has 5 heteroatoms. The van der Waals surface area contributed by atoms with Gasteiger partial charge in [0.05, 0.1) is 12.7 Å². The third-order valence-electron chi connectivity index (χ3n) is 2.56. The fourth-order valence-electron chi connectivity index (χ4n) is 1.71. The van der Waals surface area contributed by atoms with Gasteiger partial charge in [-0.05, 0) is 59.6 Å². The molecule has 0 saturated carbocycles. The highest BCUT2D eigenvalue weighted by molar-refractivity contribution is 9.10. The zero-order valence-electron chi connectivity index (χ0n) is 8.99. The molecule has 1 saturated heterocycles. The molecule has 0 bridgehead atoms. The molecular formula is C11H16BrClN2O. The van der Waals surface area contributed by atoms with E-state index in [9.17, 15) is 0 Å². The van der Waals surface area contributed by atoms with E-state index in [1.165, 1.54) is 5.56 Å². The van der Waals surface area contributed by atoms with Crippen molar-refractivity contribution in [2.45, 2.75) is 25.6 Å². The summed E-state index contributed by atoms with van der Waals surface area (Å²) in [4.78, 5) is 4.09. The molecule has 16 heavy (non-hydrogen) atoms. The quantitative estimate of drug-likeness (QED) is 0.872. The Morgan fingerprint density at radius 2 is 2.19 bits per heavy atom. The standard InChI is InChI=1S/C11H15BrN2O.ClH/c12-11-7-9(1-6-14-11)8-15-10-2-4-13-5-3-10;/h1,6-7,10,13H,2-5,8H2;1H. The van der Waals surface area contributed by atoms with Crippen molar-refractivity contribution in [1.29, 1.82) is 0 Å². The van der Waals surface area contributed by atoms with Gasteiger partial charge in [-0.1, -0.05) is 0 Å².